The van der Waals surface area contributed by atoms with Gasteiger partial charge in [0.15, 0.2) is 0 Å². The second-order valence-electron chi connectivity index (χ2n) is 3.38. The Morgan fingerprint density at radius 1 is 1.60 bits per heavy atom. The Morgan fingerprint density at radius 2 is 2.27 bits per heavy atom. The summed E-state index contributed by atoms with van der Waals surface area (Å²) in [7, 11) is 1.21. The molecule has 1 N–H and O–H groups in total. The van der Waals surface area contributed by atoms with Crippen molar-refractivity contribution in [1.29, 1.82) is 0 Å². The van der Waals surface area contributed by atoms with Crippen LogP contribution in [0.5, 0.6) is 0 Å². The number of halogens is 3. The lowest BCUT2D eigenvalue weighted by Crippen LogP contribution is -2.56. The van der Waals surface area contributed by atoms with Gasteiger partial charge >= 0.3 is 12.1 Å². The van der Waals surface area contributed by atoms with Gasteiger partial charge in [0, 0.05) is 19.6 Å². The Bertz CT molecular complexity index is 232. The number of piperazine rings is 1. The second-order valence-corrected chi connectivity index (χ2v) is 3.38. The maximum atomic E-state index is 12.1. The van der Waals surface area contributed by atoms with Crippen LogP contribution in [0.3, 0.4) is 0 Å². The minimum absolute atomic E-state index is 0.0339. The van der Waals surface area contributed by atoms with Crippen LogP contribution in [0.1, 0.15) is 0 Å². The van der Waals surface area contributed by atoms with E-state index in [4.69, 9.17) is 0 Å². The molecule has 88 valence electrons. The summed E-state index contributed by atoms with van der Waals surface area (Å²) in [6, 6.07) is -0.661. The lowest BCUT2D eigenvalue weighted by molar-refractivity contribution is -0.155. The van der Waals surface area contributed by atoms with Gasteiger partial charge in [-0.05, 0) is 0 Å². The molecule has 0 aromatic carbocycles. The fourth-order valence-corrected chi connectivity index (χ4v) is 1.51. The number of hydrogen-bond acceptors (Lipinski definition) is 4. The first-order chi connectivity index (χ1) is 6.92. The molecule has 1 saturated heterocycles. The standard InChI is InChI=1S/C8H13F3N2O2/c1-15-7(14)6-4-13(3-2-12-6)5-8(9,10)11/h6,12H,2-5H2,1H3. The number of rotatable bonds is 2. The number of ether oxygens (including phenoxy) is 1. The summed E-state index contributed by atoms with van der Waals surface area (Å²) in [5, 5.41) is 2.80. The van der Waals surface area contributed by atoms with Gasteiger partial charge < -0.3 is 10.1 Å². The molecule has 0 bridgehead atoms. The van der Waals surface area contributed by atoms with E-state index in [1.165, 1.54) is 12.0 Å². The second kappa shape index (κ2) is 4.80. The highest BCUT2D eigenvalue weighted by molar-refractivity contribution is 5.76. The van der Waals surface area contributed by atoms with Crippen LogP contribution in [0.2, 0.25) is 0 Å². The van der Waals surface area contributed by atoms with E-state index in [1.54, 1.807) is 0 Å². The van der Waals surface area contributed by atoms with E-state index in [9.17, 15) is 18.0 Å². The zero-order valence-corrected chi connectivity index (χ0v) is 8.30. The highest BCUT2D eigenvalue weighted by Crippen LogP contribution is 2.17. The molecule has 0 aliphatic carbocycles. The molecule has 1 atom stereocenters. The number of carbonyl (C=O) groups excluding carboxylic acids is 1. The highest BCUT2D eigenvalue weighted by Gasteiger charge is 2.34. The Hall–Kier alpha value is -0.820. The van der Waals surface area contributed by atoms with Gasteiger partial charge in [-0.3, -0.25) is 9.69 Å². The minimum atomic E-state index is -4.22. The molecular formula is C8H13F3N2O2. The molecule has 1 aliphatic heterocycles. The van der Waals surface area contributed by atoms with Gasteiger partial charge in [0.2, 0.25) is 0 Å². The Labute approximate surface area is 85.4 Å². The molecule has 1 rings (SSSR count). The zero-order valence-electron chi connectivity index (χ0n) is 8.30. The van der Waals surface area contributed by atoms with Gasteiger partial charge in [-0.25, -0.2) is 0 Å². The first kappa shape index (κ1) is 12.3. The van der Waals surface area contributed by atoms with Gasteiger partial charge in [-0.1, -0.05) is 0 Å². The van der Waals surface area contributed by atoms with Crippen LogP contribution in [-0.4, -0.2) is 56.4 Å². The van der Waals surface area contributed by atoms with E-state index in [2.05, 4.69) is 10.1 Å². The summed E-state index contributed by atoms with van der Waals surface area (Å²) >= 11 is 0. The van der Waals surface area contributed by atoms with Crippen molar-refractivity contribution in [2.75, 3.05) is 33.3 Å². The fourth-order valence-electron chi connectivity index (χ4n) is 1.51. The van der Waals surface area contributed by atoms with Crippen molar-refractivity contribution in [2.24, 2.45) is 0 Å². The quantitative estimate of drug-likeness (QED) is 0.673. The number of nitrogens with zero attached hydrogens (tertiary/aromatic N) is 1. The molecule has 0 aromatic rings. The van der Waals surface area contributed by atoms with Crippen LogP contribution in [0.25, 0.3) is 0 Å². The van der Waals surface area contributed by atoms with E-state index in [1.807, 2.05) is 0 Å². The summed E-state index contributed by atoms with van der Waals surface area (Å²) in [4.78, 5) is 12.3. The lowest BCUT2D eigenvalue weighted by atomic mass is 10.2. The topological polar surface area (TPSA) is 41.6 Å². The predicted octanol–water partition coefficient (Wildman–Crippen LogP) is -0.00450. The zero-order chi connectivity index (χ0) is 11.5. The average Bonchev–Trinajstić information content (AvgIpc) is 2.14. The van der Waals surface area contributed by atoms with E-state index < -0.39 is 24.7 Å². The van der Waals surface area contributed by atoms with Crippen LogP contribution in [0.4, 0.5) is 13.2 Å². The SMILES string of the molecule is COC(=O)C1CN(CC(F)(F)F)CCN1. The van der Waals surface area contributed by atoms with Crippen molar-refractivity contribution in [3.8, 4) is 0 Å². The maximum Gasteiger partial charge on any atom is 0.401 e. The predicted molar refractivity (Wildman–Crippen MR) is 46.3 cm³/mol. The molecule has 0 aromatic heterocycles. The molecule has 0 amide bonds. The van der Waals surface area contributed by atoms with Gasteiger partial charge in [0.05, 0.1) is 13.7 Å². The van der Waals surface area contributed by atoms with E-state index in [-0.39, 0.29) is 13.1 Å². The van der Waals surface area contributed by atoms with Crippen molar-refractivity contribution >= 4 is 5.97 Å². The summed E-state index contributed by atoms with van der Waals surface area (Å²) in [6.07, 6.45) is -4.22. The van der Waals surface area contributed by atoms with Crippen LogP contribution in [-0.2, 0) is 9.53 Å². The molecule has 1 unspecified atom stereocenters. The molecule has 1 fully saturated rings. The molecular weight excluding hydrogens is 213 g/mol. The average molecular weight is 226 g/mol. The third-order valence-electron chi connectivity index (χ3n) is 2.15. The number of nitrogens with one attached hydrogen (secondary N) is 1. The molecule has 0 radical (unpaired) electrons. The summed E-state index contributed by atoms with van der Waals surface area (Å²) in [5.74, 6) is -0.526. The van der Waals surface area contributed by atoms with Crippen molar-refractivity contribution in [3.63, 3.8) is 0 Å². The third-order valence-corrected chi connectivity index (χ3v) is 2.15. The number of alkyl halides is 3. The van der Waals surface area contributed by atoms with Gasteiger partial charge in [0.25, 0.3) is 0 Å². The van der Waals surface area contributed by atoms with Gasteiger partial charge in [0.1, 0.15) is 6.04 Å². The number of carbonyl (C=O) groups is 1. The van der Waals surface area contributed by atoms with E-state index in [0.29, 0.717) is 6.54 Å². The Balaban J connectivity index is 2.46. The van der Waals surface area contributed by atoms with Crippen LogP contribution >= 0.6 is 0 Å². The van der Waals surface area contributed by atoms with Crippen LogP contribution < -0.4 is 5.32 Å². The van der Waals surface area contributed by atoms with E-state index in [0.717, 1.165) is 0 Å². The summed E-state index contributed by atoms with van der Waals surface area (Å²) in [6.45, 7) is -0.308. The Morgan fingerprint density at radius 3 is 2.80 bits per heavy atom. The molecule has 4 nitrogen and oxygen atoms in total. The van der Waals surface area contributed by atoms with Crippen molar-refractivity contribution < 1.29 is 22.7 Å². The first-order valence-corrected chi connectivity index (χ1v) is 4.52. The van der Waals surface area contributed by atoms with Crippen molar-refractivity contribution in [3.05, 3.63) is 0 Å². The molecule has 7 heteroatoms. The largest absolute Gasteiger partial charge is 0.468 e. The smallest absolute Gasteiger partial charge is 0.401 e. The first-order valence-electron chi connectivity index (χ1n) is 4.52. The number of hydrogen-bond donors (Lipinski definition) is 1. The molecule has 0 spiro atoms. The summed E-state index contributed by atoms with van der Waals surface area (Å²) < 4.78 is 40.7. The third kappa shape index (κ3) is 4.05. The normalized spacial score (nSPS) is 23.9. The molecule has 1 heterocycles. The van der Waals surface area contributed by atoms with Gasteiger partial charge in [-0.2, -0.15) is 13.2 Å². The van der Waals surface area contributed by atoms with Crippen molar-refractivity contribution in [1.82, 2.24) is 10.2 Å². The minimum Gasteiger partial charge on any atom is -0.468 e. The monoisotopic (exact) mass is 226 g/mol. The molecule has 1 aliphatic rings. The number of methoxy groups -OCH3 is 1. The maximum absolute atomic E-state index is 12.1. The fraction of sp³-hybridized carbons (Fsp3) is 0.875. The van der Waals surface area contributed by atoms with Crippen LogP contribution in [0.15, 0.2) is 0 Å². The highest BCUT2D eigenvalue weighted by atomic mass is 19.4. The van der Waals surface area contributed by atoms with E-state index >= 15 is 0 Å². The molecule has 0 saturated carbocycles. The molecule has 15 heavy (non-hydrogen) atoms. The number of esters is 1. The van der Waals surface area contributed by atoms with Crippen LogP contribution in [0, 0.1) is 0 Å². The summed E-state index contributed by atoms with van der Waals surface area (Å²) in [5.41, 5.74) is 0. The van der Waals surface area contributed by atoms with Crippen molar-refractivity contribution in [2.45, 2.75) is 12.2 Å². The lowest BCUT2D eigenvalue weighted by Gasteiger charge is -2.32. The van der Waals surface area contributed by atoms with Gasteiger partial charge in [-0.15, -0.1) is 0 Å². The Kier molecular flexibility index (Phi) is 3.92.